The van der Waals surface area contributed by atoms with Crippen LogP contribution in [0, 0.1) is 0 Å². The first-order valence-electron chi connectivity index (χ1n) is 11.0. The maximum absolute atomic E-state index is 13.8. The van der Waals surface area contributed by atoms with Crippen LogP contribution in [0.25, 0.3) is 11.1 Å². The smallest absolute Gasteiger partial charge is 0.140 e. The van der Waals surface area contributed by atoms with Gasteiger partial charge in [-0.2, -0.15) is 0 Å². The molecule has 0 amide bonds. The van der Waals surface area contributed by atoms with E-state index < -0.39 is 12.3 Å². The number of aliphatic hydroxyl groups excluding tert-OH is 1. The number of ether oxygens (including phenoxy) is 1. The number of aliphatic hydroxyl groups is 1. The summed E-state index contributed by atoms with van der Waals surface area (Å²) in [5.74, 6) is 0.825. The zero-order valence-corrected chi connectivity index (χ0v) is 17.4. The molecule has 0 saturated carbocycles. The minimum atomic E-state index is -1.19. The number of halogens is 1. The van der Waals surface area contributed by atoms with Gasteiger partial charge in [0.05, 0.1) is 12.7 Å². The van der Waals surface area contributed by atoms with E-state index in [9.17, 15) is 9.50 Å². The molecule has 3 heterocycles. The van der Waals surface area contributed by atoms with Crippen molar-refractivity contribution in [1.82, 2.24) is 19.8 Å². The molecule has 7 heteroatoms. The summed E-state index contributed by atoms with van der Waals surface area (Å²) in [7, 11) is 0. The molecular formula is C23H31FN4O2. The SMILES string of the molecule is O[C@@H]1CN(Cc2cc(-c3cncnc3)ccc2OCCCN2CCCCC2)C[C@H]1F. The Morgan fingerprint density at radius 2 is 1.83 bits per heavy atom. The predicted octanol–water partition coefficient (Wildman–Crippen LogP) is 2.91. The molecule has 2 saturated heterocycles. The van der Waals surface area contributed by atoms with Gasteiger partial charge in [0.15, 0.2) is 0 Å². The molecule has 2 aliphatic heterocycles. The molecule has 0 unspecified atom stereocenters. The lowest BCUT2D eigenvalue weighted by molar-refractivity contribution is 0.115. The van der Waals surface area contributed by atoms with Crippen LogP contribution in [0.4, 0.5) is 4.39 Å². The van der Waals surface area contributed by atoms with E-state index in [2.05, 4.69) is 20.9 Å². The molecule has 0 radical (unpaired) electrons. The van der Waals surface area contributed by atoms with Crippen molar-refractivity contribution in [2.24, 2.45) is 0 Å². The fourth-order valence-electron chi connectivity index (χ4n) is 4.32. The van der Waals surface area contributed by atoms with Gasteiger partial charge in [-0.3, -0.25) is 4.90 Å². The third-order valence-corrected chi connectivity index (χ3v) is 5.97. The van der Waals surface area contributed by atoms with Crippen molar-refractivity contribution in [2.45, 2.75) is 44.5 Å². The first-order chi connectivity index (χ1) is 14.7. The highest BCUT2D eigenvalue weighted by Crippen LogP contribution is 2.29. The second-order valence-electron chi connectivity index (χ2n) is 8.33. The summed E-state index contributed by atoms with van der Waals surface area (Å²) in [5, 5.41) is 9.78. The molecule has 30 heavy (non-hydrogen) atoms. The lowest BCUT2D eigenvalue weighted by atomic mass is 10.0. The predicted molar refractivity (Wildman–Crippen MR) is 114 cm³/mol. The van der Waals surface area contributed by atoms with E-state index >= 15 is 0 Å². The van der Waals surface area contributed by atoms with Crippen LogP contribution < -0.4 is 4.74 Å². The molecule has 2 aliphatic rings. The normalized spacial score (nSPS) is 23.0. The van der Waals surface area contributed by atoms with Crippen molar-refractivity contribution in [3.63, 3.8) is 0 Å². The van der Waals surface area contributed by atoms with Crippen LogP contribution in [0.5, 0.6) is 5.75 Å². The summed E-state index contributed by atoms with van der Waals surface area (Å²) < 4.78 is 19.9. The molecule has 6 nitrogen and oxygen atoms in total. The first-order valence-corrected chi connectivity index (χ1v) is 11.0. The summed E-state index contributed by atoms with van der Waals surface area (Å²) in [6.45, 7) is 5.24. The van der Waals surface area contributed by atoms with E-state index in [1.54, 1.807) is 12.4 Å². The Morgan fingerprint density at radius 3 is 2.57 bits per heavy atom. The Morgan fingerprint density at radius 1 is 1.03 bits per heavy atom. The van der Waals surface area contributed by atoms with Crippen molar-refractivity contribution in [1.29, 1.82) is 0 Å². The molecule has 2 aromatic rings. The Hall–Kier alpha value is -2.09. The van der Waals surface area contributed by atoms with Gasteiger partial charge in [0.2, 0.25) is 0 Å². The quantitative estimate of drug-likeness (QED) is 0.671. The molecule has 1 aromatic heterocycles. The highest BCUT2D eigenvalue weighted by atomic mass is 19.1. The molecule has 4 rings (SSSR count). The zero-order chi connectivity index (χ0) is 20.8. The highest BCUT2D eigenvalue weighted by Gasteiger charge is 2.31. The maximum atomic E-state index is 13.8. The number of nitrogens with zero attached hydrogens (tertiary/aromatic N) is 4. The van der Waals surface area contributed by atoms with Gasteiger partial charge < -0.3 is 14.7 Å². The van der Waals surface area contributed by atoms with Gasteiger partial charge in [-0.05, 0) is 50.0 Å². The van der Waals surface area contributed by atoms with Gasteiger partial charge >= 0.3 is 0 Å². The molecule has 2 fully saturated rings. The number of β-amino-alcohol motifs (C(OH)–C–C–N with tert-alkyl or cyclic N) is 1. The second kappa shape index (κ2) is 10.3. The molecule has 2 atom stereocenters. The van der Waals surface area contributed by atoms with Gasteiger partial charge in [-0.15, -0.1) is 0 Å². The molecule has 1 aromatic carbocycles. The minimum absolute atomic E-state index is 0.244. The number of piperidine rings is 1. The third-order valence-electron chi connectivity index (χ3n) is 5.97. The van der Waals surface area contributed by atoms with Crippen LogP contribution in [0.3, 0.4) is 0 Å². The second-order valence-corrected chi connectivity index (χ2v) is 8.33. The maximum Gasteiger partial charge on any atom is 0.140 e. The number of aromatic nitrogens is 2. The lowest BCUT2D eigenvalue weighted by Crippen LogP contribution is -2.31. The van der Waals surface area contributed by atoms with Gasteiger partial charge in [-0.1, -0.05) is 12.5 Å². The molecule has 0 aliphatic carbocycles. The van der Waals surface area contributed by atoms with E-state index in [-0.39, 0.29) is 6.54 Å². The topological polar surface area (TPSA) is 61.7 Å². The van der Waals surface area contributed by atoms with Crippen LogP contribution in [0.1, 0.15) is 31.2 Å². The van der Waals surface area contributed by atoms with Crippen molar-refractivity contribution in [2.75, 3.05) is 39.3 Å². The van der Waals surface area contributed by atoms with Crippen molar-refractivity contribution >= 4 is 0 Å². The molecule has 0 bridgehead atoms. The standard InChI is InChI=1S/C23H31FN4O2/c24-21-15-28(16-22(21)29)14-19-11-18(20-12-25-17-26-13-20)5-6-23(19)30-10-4-9-27-7-2-1-3-8-27/h5-6,11-13,17,21-22,29H,1-4,7-10,14-16H2/t21-,22-/m1/s1. The van der Waals surface area contributed by atoms with Gasteiger partial charge in [-0.25, -0.2) is 14.4 Å². The Bertz CT molecular complexity index is 791. The number of hydrogen-bond acceptors (Lipinski definition) is 6. The number of hydrogen-bond donors (Lipinski definition) is 1. The van der Waals surface area contributed by atoms with Crippen LogP contribution in [0.2, 0.25) is 0 Å². The Kier molecular flexibility index (Phi) is 7.25. The zero-order valence-electron chi connectivity index (χ0n) is 17.4. The van der Waals surface area contributed by atoms with Crippen molar-refractivity contribution < 1.29 is 14.2 Å². The van der Waals surface area contributed by atoms with Crippen molar-refractivity contribution in [3.8, 4) is 16.9 Å². The van der Waals surface area contributed by atoms with Crippen LogP contribution in [-0.2, 0) is 6.54 Å². The minimum Gasteiger partial charge on any atom is -0.493 e. The third kappa shape index (κ3) is 5.53. The molecule has 1 N–H and O–H groups in total. The van der Waals surface area contributed by atoms with Crippen molar-refractivity contribution in [3.05, 3.63) is 42.5 Å². The van der Waals surface area contributed by atoms with E-state index in [0.717, 1.165) is 35.4 Å². The number of benzene rings is 1. The largest absolute Gasteiger partial charge is 0.493 e. The summed E-state index contributed by atoms with van der Waals surface area (Å²) in [5.41, 5.74) is 2.93. The van der Waals surface area contributed by atoms with Crippen LogP contribution in [0.15, 0.2) is 36.9 Å². The Balaban J connectivity index is 1.42. The number of rotatable bonds is 8. The number of likely N-dealkylation sites (tertiary alicyclic amines) is 2. The van der Waals surface area contributed by atoms with E-state index in [1.807, 2.05) is 17.0 Å². The van der Waals surface area contributed by atoms with Gasteiger partial charge in [0, 0.05) is 49.7 Å². The van der Waals surface area contributed by atoms with E-state index in [0.29, 0.717) is 19.7 Å². The van der Waals surface area contributed by atoms with Crippen LogP contribution in [-0.4, -0.2) is 76.5 Å². The fourth-order valence-corrected chi connectivity index (χ4v) is 4.32. The first kappa shape index (κ1) is 21.2. The molecule has 0 spiro atoms. The monoisotopic (exact) mass is 414 g/mol. The highest BCUT2D eigenvalue weighted by molar-refractivity contribution is 5.64. The number of alkyl halides is 1. The summed E-state index contributed by atoms with van der Waals surface area (Å²) in [6, 6.07) is 6.06. The van der Waals surface area contributed by atoms with E-state index in [4.69, 9.17) is 4.74 Å². The van der Waals surface area contributed by atoms with E-state index in [1.165, 1.54) is 38.7 Å². The summed E-state index contributed by atoms with van der Waals surface area (Å²) >= 11 is 0. The fraction of sp³-hybridized carbons (Fsp3) is 0.565. The van der Waals surface area contributed by atoms with Gasteiger partial charge in [0.1, 0.15) is 18.2 Å². The lowest BCUT2D eigenvalue weighted by Gasteiger charge is -2.26. The molecular weight excluding hydrogens is 383 g/mol. The molecule has 162 valence electrons. The average molecular weight is 415 g/mol. The summed E-state index contributed by atoms with van der Waals surface area (Å²) in [4.78, 5) is 12.7. The van der Waals surface area contributed by atoms with Gasteiger partial charge in [0.25, 0.3) is 0 Å². The van der Waals surface area contributed by atoms with Crippen LogP contribution >= 0.6 is 0 Å². The Labute approximate surface area is 177 Å². The average Bonchev–Trinajstić information content (AvgIpc) is 3.10. The summed E-state index contributed by atoms with van der Waals surface area (Å²) in [6.07, 6.45) is 7.90.